The Kier molecular flexibility index (Phi) is 5.28. The van der Waals surface area contributed by atoms with E-state index in [2.05, 4.69) is 10.3 Å². The number of amides is 1. The van der Waals surface area contributed by atoms with E-state index in [1.54, 1.807) is 6.07 Å². The van der Waals surface area contributed by atoms with E-state index in [0.29, 0.717) is 16.7 Å². The van der Waals surface area contributed by atoms with Crippen LogP contribution in [-0.2, 0) is 11.3 Å². The molecule has 0 saturated heterocycles. The van der Waals surface area contributed by atoms with Crippen molar-refractivity contribution in [1.29, 1.82) is 0 Å². The molecular formula is C26H19FN4O2. The molecule has 1 amide bonds. The standard InChI is InChI=1S/C26H19FN4O2/c27-19-11-13-20(14-12-19)29-24(32)16-30-17-28-25-22(26(30)33)15-23(18-7-3-1-4-8-18)31(25)21-9-5-2-6-10-21/h1-15,17H,16H2,(H,29,32). The van der Waals surface area contributed by atoms with E-state index in [1.165, 1.54) is 35.2 Å². The van der Waals surface area contributed by atoms with Crippen molar-refractivity contribution in [2.24, 2.45) is 0 Å². The van der Waals surface area contributed by atoms with Crippen LogP contribution in [0, 0.1) is 5.82 Å². The summed E-state index contributed by atoms with van der Waals surface area (Å²) in [6.07, 6.45) is 1.38. The number of fused-ring (bicyclic) bond motifs is 1. The van der Waals surface area contributed by atoms with E-state index < -0.39 is 11.7 Å². The molecule has 1 N–H and O–H groups in total. The van der Waals surface area contributed by atoms with E-state index >= 15 is 0 Å². The van der Waals surface area contributed by atoms with Gasteiger partial charge in [0, 0.05) is 11.4 Å². The highest BCUT2D eigenvalue weighted by molar-refractivity contribution is 5.91. The first kappa shape index (κ1) is 20.4. The average Bonchev–Trinajstić information content (AvgIpc) is 3.24. The molecule has 33 heavy (non-hydrogen) atoms. The van der Waals surface area contributed by atoms with Gasteiger partial charge in [-0.05, 0) is 48.0 Å². The zero-order valence-electron chi connectivity index (χ0n) is 17.5. The summed E-state index contributed by atoms with van der Waals surface area (Å²) >= 11 is 0. The molecule has 2 heterocycles. The Balaban J connectivity index is 1.56. The Morgan fingerprint density at radius 2 is 1.58 bits per heavy atom. The topological polar surface area (TPSA) is 68.9 Å². The molecule has 162 valence electrons. The third-order valence-electron chi connectivity index (χ3n) is 5.31. The Morgan fingerprint density at radius 1 is 0.909 bits per heavy atom. The van der Waals surface area contributed by atoms with Crippen LogP contribution < -0.4 is 10.9 Å². The first-order valence-electron chi connectivity index (χ1n) is 10.4. The summed E-state index contributed by atoms with van der Waals surface area (Å²) < 4.78 is 16.3. The van der Waals surface area contributed by atoms with Crippen molar-refractivity contribution in [1.82, 2.24) is 14.1 Å². The maximum absolute atomic E-state index is 13.3. The van der Waals surface area contributed by atoms with Gasteiger partial charge in [-0.2, -0.15) is 0 Å². The lowest BCUT2D eigenvalue weighted by molar-refractivity contribution is -0.116. The lowest BCUT2D eigenvalue weighted by Crippen LogP contribution is -2.27. The number of halogens is 1. The van der Waals surface area contributed by atoms with Gasteiger partial charge in [-0.1, -0.05) is 48.5 Å². The van der Waals surface area contributed by atoms with E-state index in [1.807, 2.05) is 65.2 Å². The van der Waals surface area contributed by atoms with Gasteiger partial charge in [-0.3, -0.25) is 18.7 Å². The van der Waals surface area contributed by atoms with Gasteiger partial charge >= 0.3 is 0 Å². The largest absolute Gasteiger partial charge is 0.325 e. The van der Waals surface area contributed by atoms with Crippen LogP contribution in [0.4, 0.5) is 10.1 Å². The van der Waals surface area contributed by atoms with E-state index in [9.17, 15) is 14.0 Å². The fourth-order valence-electron chi connectivity index (χ4n) is 3.78. The minimum Gasteiger partial charge on any atom is -0.325 e. The van der Waals surface area contributed by atoms with Crippen LogP contribution in [0.3, 0.4) is 0 Å². The highest BCUT2D eigenvalue weighted by Crippen LogP contribution is 2.29. The second kappa shape index (κ2) is 8.55. The molecule has 0 aliphatic heterocycles. The number of anilines is 1. The summed E-state index contributed by atoms with van der Waals surface area (Å²) in [7, 11) is 0. The molecule has 5 aromatic rings. The van der Waals surface area contributed by atoms with Gasteiger partial charge in [0.05, 0.1) is 11.1 Å². The fourth-order valence-corrected chi connectivity index (χ4v) is 3.78. The summed E-state index contributed by atoms with van der Waals surface area (Å²) in [4.78, 5) is 30.3. The van der Waals surface area contributed by atoms with Crippen LogP contribution in [0.5, 0.6) is 0 Å². The summed E-state index contributed by atoms with van der Waals surface area (Å²) in [5.41, 5.74) is 3.30. The van der Waals surface area contributed by atoms with Crippen molar-refractivity contribution in [3.05, 3.63) is 113 Å². The average molecular weight is 438 g/mol. The summed E-state index contributed by atoms with van der Waals surface area (Å²) in [6.45, 7) is -0.212. The summed E-state index contributed by atoms with van der Waals surface area (Å²) in [6, 6.07) is 26.7. The van der Waals surface area contributed by atoms with E-state index in [0.717, 1.165) is 16.9 Å². The number of rotatable bonds is 5. The van der Waals surface area contributed by atoms with Gasteiger partial charge < -0.3 is 5.32 Å². The lowest BCUT2D eigenvalue weighted by Gasteiger charge is -2.11. The number of aromatic nitrogens is 3. The lowest BCUT2D eigenvalue weighted by atomic mass is 10.1. The van der Waals surface area contributed by atoms with Gasteiger partial charge in [0.2, 0.25) is 5.91 Å². The number of para-hydroxylation sites is 1. The fraction of sp³-hybridized carbons (Fsp3) is 0.0385. The van der Waals surface area contributed by atoms with Crippen molar-refractivity contribution >= 4 is 22.6 Å². The number of nitrogens with one attached hydrogen (secondary N) is 1. The van der Waals surface area contributed by atoms with Crippen molar-refractivity contribution < 1.29 is 9.18 Å². The molecule has 0 unspecified atom stereocenters. The van der Waals surface area contributed by atoms with Crippen LogP contribution >= 0.6 is 0 Å². The van der Waals surface area contributed by atoms with Gasteiger partial charge in [0.1, 0.15) is 18.7 Å². The number of hydrogen-bond donors (Lipinski definition) is 1. The molecule has 0 aliphatic rings. The van der Waals surface area contributed by atoms with Crippen molar-refractivity contribution in [2.45, 2.75) is 6.54 Å². The van der Waals surface area contributed by atoms with Gasteiger partial charge in [0.25, 0.3) is 5.56 Å². The molecule has 7 heteroatoms. The van der Waals surface area contributed by atoms with Crippen LogP contribution in [0.1, 0.15) is 0 Å². The molecule has 0 radical (unpaired) electrons. The first-order chi connectivity index (χ1) is 16.1. The summed E-state index contributed by atoms with van der Waals surface area (Å²) in [5, 5.41) is 3.07. The molecular weight excluding hydrogens is 419 g/mol. The van der Waals surface area contributed by atoms with E-state index in [4.69, 9.17) is 0 Å². The quantitative estimate of drug-likeness (QED) is 0.435. The molecule has 0 saturated carbocycles. The minimum atomic E-state index is -0.407. The normalized spacial score (nSPS) is 10.9. The number of benzene rings is 3. The predicted molar refractivity (Wildman–Crippen MR) is 126 cm³/mol. The van der Waals surface area contributed by atoms with Gasteiger partial charge in [0.15, 0.2) is 5.65 Å². The van der Waals surface area contributed by atoms with Crippen LogP contribution in [-0.4, -0.2) is 20.0 Å². The van der Waals surface area contributed by atoms with E-state index in [-0.39, 0.29) is 12.1 Å². The second-order valence-corrected chi connectivity index (χ2v) is 7.54. The SMILES string of the molecule is O=C(Cn1cnc2c(cc(-c3ccccc3)n2-c2ccccc2)c1=O)Nc1ccc(F)cc1. The molecule has 3 aromatic carbocycles. The Labute approximate surface area is 188 Å². The van der Waals surface area contributed by atoms with Gasteiger partial charge in [-0.25, -0.2) is 9.37 Å². The minimum absolute atomic E-state index is 0.212. The number of hydrogen-bond acceptors (Lipinski definition) is 3. The highest BCUT2D eigenvalue weighted by atomic mass is 19.1. The van der Waals surface area contributed by atoms with Crippen molar-refractivity contribution in [3.63, 3.8) is 0 Å². The maximum atomic E-state index is 13.3. The first-order valence-corrected chi connectivity index (χ1v) is 10.4. The number of carbonyl (C=O) groups is 1. The molecule has 5 rings (SSSR count). The maximum Gasteiger partial charge on any atom is 0.263 e. The molecule has 2 aromatic heterocycles. The Hall–Kier alpha value is -4.52. The highest BCUT2D eigenvalue weighted by Gasteiger charge is 2.17. The van der Waals surface area contributed by atoms with Crippen LogP contribution in [0.25, 0.3) is 28.0 Å². The Bertz CT molecular complexity index is 1490. The zero-order chi connectivity index (χ0) is 22.8. The smallest absolute Gasteiger partial charge is 0.263 e. The van der Waals surface area contributed by atoms with Crippen molar-refractivity contribution in [3.8, 4) is 16.9 Å². The number of nitrogens with zero attached hydrogens (tertiary/aromatic N) is 3. The monoisotopic (exact) mass is 438 g/mol. The molecule has 0 atom stereocenters. The van der Waals surface area contributed by atoms with Crippen LogP contribution in [0.2, 0.25) is 0 Å². The number of carbonyl (C=O) groups excluding carboxylic acids is 1. The van der Waals surface area contributed by atoms with Crippen molar-refractivity contribution in [2.75, 3.05) is 5.32 Å². The zero-order valence-corrected chi connectivity index (χ0v) is 17.5. The molecule has 0 fully saturated rings. The molecule has 0 aliphatic carbocycles. The molecule has 0 spiro atoms. The summed E-state index contributed by atoms with van der Waals surface area (Å²) in [5.74, 6) is -0.799. The third-order valence-corrected chi connectivity index (χ3v) is 5.31. The van der Waals surface area contributed by atoms with Gasteiger partial charge in [-0.15, -0.1) is 0 Å². The predicted octanol–water partition coefficient (Wildman–Crippen LogP) is 4.63. The molecule has 6 nitrogen and oxygen atoms in total. The third kappa shape index (κ3) is 4.04. The van der Waals surface area contributed by atoms with Crippen LogP contribution in [0.15, 0.2) is 102 Å². The second-order valence-electron chi connectivity index (χ2n) is 7.54. The molecule has 0 bridgehead atoms. The Morgan fingerprint density at radius 3 is 2.27 bits per heavy atom.